The summed E-state index contributed by atoms with van der Waals surface area (Å²) in [6.45, 7) is 1.86. The molecule has 0 unspecified atom stereocenters. The van der Waals surface area contributed by atoms with E-state index < -0.39 is 10.0 Å². The van der Waals surface area contributed by atoms with E-state index in [1.54, 1.807) is 36.4 Å². The Morgan fingerprint density at radius 3 is 2.54 bits per heavy atom. The molecule has 2 aromatic carbocycles. The molecule has 6 nitrogen and oxygen atoms in total. The standard InChI is InChI=1S/C17H14N2O4S/c1-12-6-8-14(9-7-12)24(21,22)19-18-10-13-11-23-16-5-3-2-4-15(16)17(13)20/h2-11,19H,1H3/b18-10+. The molecule has 0 aliphatic carbocycles. The van der Waals surface area contributed by atoms with E-state index in [-0.39, 0.29) is 15.9 Å². The van der Waals surface area contributed by atoms with Crippen LogP contribution in [0.25, 0.3) is 11.0 Å². The molecule has 0 amide bonds. The highest BCUT2D eigenvalue weighted by Gasteiger charge is 2.12. The molecule has 1 heterocycles. The van der Waals surface area contributed by atoms with E-state index in [0.717, 1.165) is 11.8 Å². The first-order valence-electron chi connectivity index (χ1n) is 7.09. The Labute approximate surface area is 138 Å². The number of nitrogens with zero attached hydrogens (tertiary/aromatic N) is 1. The number of sulfonamides is 1. The maximum absolute atomic E-state index is 12.3. The van der Waals surface area contributed by atoms with Crippen molar-refractivity contribution < 1.29 is 12.8 Å². The monoisotopic (exact) mass is 342 g/mol. The van der Waals surface area contributed by atoms with Gasteiger partial charge in [-0.25, -0.2) is 4.83 Å². The fraction of sp³-hybridized carbons (Fsp3) is 0.0588. The van der Waals surface area contributed by atoms with Crippen LogP contribution in [0.2, 0.25) is 0 Å². The highest BCUT2D eigenvalue weighted by atomic mass is 32.2. The number of para-hydroxylation sites is 1. The van der Waals surface area contributed by atoms with Crippen LogP contribution < -0.4 is 10.3 Å². The summed E-state index contributed by atoms with van der Waals surface area (Å²) in [6.07, 6.45) is 2.37. The number of hydrazone groups is 1. The fourth-order valence-corrected chi connectivity index (χ4v) is 2.91. The third-order valence-electron chi connectivity index (χ3n) is 3.41. The smallest absolute Gasteiger partial charge is 0.276 e. The first-order chi connectivity index (χ1) is 11.5. The zero-order valence-corrected chi connectivity index (χ0v) is 13.6. The molecule has 24 heavy (non-hydrogen) atoms. The zero-order chi connectivity index (χ0) is 17.2. The Hall–Kier alpha value is -2.93. The minimum Gasteiger partial charge on any atom is -0.463 e. The van der Waals surface area contributed by atoms with Gasteiger partial charge >= 0.3 is 0 Å². The Balaban J connectivity index is 1.85. The number of hydrogen-bond acceptors (Lipinski definition) is 5. The van der Waals surface area contributed by atoms with Gasteiger partial charge in [-0.05, 0) is 31.2 Å². The normalized spacial score (nSPS) is 11.9. The molecule has 1 aromatic heterocycles. The highest BCUT2D eigenvalue weighted by Crippen LogP contribution is 2.11. The molecule has 0 radical (unpaired) electrons. The molecule has 122 valence electrons. The van der Waals surface area contributed by atoms with E-state index in [1.807, 2.05) is 6.92 Å². The van der Waals surface area contributed by atoms with Gasteiger partial charge in [-0.3, -0.25) is 4.79 Å². The molecule has 3 rings (SSSR count). The van der Waals surface area contributed by atoms with Crippen LogP contribution in [0.5, 0.6) is 0 Å². The molecule has 0 aliphatic rings. The van der Waals surface area contributed by atoms with Gasteiger partial charge in [0.05, 0.1) is 22.1 Å². The van der Waals surface area contributed by atoms with Crippen molar-refractivity contribution in [3.63, 3.8) is 0 Å². The number of rotatable bonds is 4. The lowest BCUT2D eigenvalue weighted by Gasteiger charge is -2.03. The number of benzene rings is 2. The van der Waals surface area contributed by atoms with E-state index in [4.69, 9.17) is 4.42 Å². The summed E-state index contributed by atoms with van der Waals surface area (Å²) >= 11 is 0. The summed E-state index contributed by atoms with van der Waals surface area (Å²) in [5, 5.41) is 4.06. The Morgan fingerprint density at radius 1 is 1.08 bits per heavy atom. The van der Waals surface area contributed by atoms with Crippen molar-refractivity contribution in [2.24, 2.45) is 5.10 Å². The Morgan fingerprint density at radius 2 is 1.79 bits per heavy atom. The molecule has 0 aliphatic heterocycles. The van der Waals surface area contributed by atoms with Gasteiger partial charge in [-0.15, -0.1) is 0 Å². The third-order valence-corrected chi connectivity index (χ3v) is 4.65. The lowest BCUT2D eigenvalue weighted by atomic mass is 10.2. The molecular weight excluding hydrogens is 328 g/mol. The molecular formula is C17H14N2O4S. The van der Waals surface area contributed by atoms with Gasteiger partial charge in [0.1, 0.15) is 11.8 Å². The van der Waals surface area contributed by atoms with Crippen molar-refractivity contribution in [1.29, 1.82) is 0 Å². The lowest BCUT2D eigenvalue weighted by Crippen LogP contribution is -2.19. The fourth-order valence-electron chi connectivity index (χ4n) is 2.12. The highest BCUT2D eigenvalue weighted by molar-refractivity contribution is 7.89. The van der Waals surface area contributed by atoms with Gasteiger partial charge in [0, 0.05) is 0 Å². The van der Waals surface area contributed by atoms with Crippen molar-refractivity contribution >= 4 is 27.2 Å². The zero-order valence-electron chi connectivity index (χ0n) is 12.8. The van der Waals surface area contributed by atoms with E-state index in [0.29, 0.717) is 11.0 Å². The molecule has 0 fully saturated rings. The van der Waals surface area contributed by atoms with Crippen molar-refractivity contribution in [1.82, 2.24) is 4.83 Å². The average Bonchev–Trinajstić information content (AvgIpc) is 2.57. The molecule has 3 aromatic rings. The summed E-state index contributed by atoms with van der Waals surface area (Å²) < 4.78 is 29.5. The van der Waals surface area contributed by atoms with Crippen molar-refractivity contribution in [3.05, 3.63) is 76.1 Å². The van der Waals surface area contributed by atoms with Crippen molar-refractivity contribution in [3.8, 4) is 0 Å². The summed E-state index contributed by atoms with van der Waals surface area (Å²) in [6, 6.07) is 13.1. The second-order valence-corrected chi connectivity index (χ2v) is 6.84. The van der Waals surface area contributed by atoms with Gasteiger partial charge in [-0.1, -0.05) is 29.8 Å². The van der Waals surface area contributed by atoms with Gasteiger partial charge < -0.3 is 4.42 Å². The Bertz CT molecular complexity index is 1070. The van der Waals surface area contributed by atoms with E-state index in [9.17, 15) is 13.2 Å². The number of aryl methyl sites for hydroxylation is 1. The van der Waals surface area contributed by atoms with Crippen molar-refractivity contribution in [2.75, 3.05) is 0 Å². The molecule has 0 spiro atoms. The molecule has 7 heteroatoms. The molecule has 0 saturated carbocycles. The molecule has 1 N–H and O–H groups in total. The quantitative estimate of drug-likeness (QED) is 0.582. The minimum absolute atomic E-state index is 0.0933. The number of hydrogen-bond donors (Lipinski definition) is 1. The van der Waals surface area contributed by atoms with Crippen LogP contribution in [-0.4, -0.2) is 14.6 Å². The lowest BCUT2D eigenvalue weighted by molar-refractivity contribution is 0.584. The molecule has 0 atom stereocenters. The molecule has 0 bridgehead atoms. The number of fused-ring (bicyclic) bond motifs is 1. The topological polar surface area (TPSA) is 88.7 Å². The van der Waals surface area contributed by atoms with E-state index in [1.165, 1.54) is 18.4 Å². The van der Waals surface area contributed by atoms with Crippen LogP contribution >= 0.6 is 0 Å². The first-order valence-corrected chi connectivity index (χ1v) is 8.58. The van der Waals surface area contributed by atoms with Gasteiger partial charge in [-0.2, -0.15) is 13.5 Å². The SMILES string of the molecule is Cc1ccc(S(=O)(=O)N/N=C/c2coc3ccccc3c2=O)cc1. The minimum atomic E-state index is -3.78. The summed E-state index contributed by atoms with van der Waals surface area (Å²) in [5.41, 5.74) is 1.28. The maximum atomic E-state index is 12.3. The van der Waals surface area contributed by atoms with Crippen LogP contribution in [0.4, 0.5) is 0 Å². The summed E-state index contributed by atoms with van der Waals surface area (Å²) in [7, 11) is -3.78. The first kappa shape index (κ1) is 15.9. The van der Waals surface area contributed by atoms with Crippen LogP contribution in [0.3, 0.4) is 0 Å². The summed E-state index contributed by atoms with van der Waals surface area (Å²) in [4.78, 5) is 14.4. The number of nitrogens with one attached hydrogen (secondary N) is 1. The van der Waals surface area contributed by atoms with Crippen LogP contribution in [-0.2, 0) is 10.0 Å². The summed E-state index contributed by atoms with van der Waals surface area (Å²) in [5.74, 6) is 0. The predicted octanol–water partition coefficient (Wildman–Crippen LogP) is 2.41. The predicted molar refractivity (Wildman–Crippen MR) is 91.6 cm³/mol. The Kier molecular flexibility index (Phi) is 4.18. The second kappa shape index (κ2) is 6.29. The maximum Gasteiger partial charge on any atom is 0.276 e. The van der Waals surface area contributed by atoms with Gasteiger partial charge in [0.2, 0.25) is 5.43 Å². The van der Waals surface area contributed by atoms with Crippen molar-refractivity contribution in [2.45, 2.75) is 11.8 Å². The largest absolute Gasteiger partial charge is 0.463 e. The van der Waals surface area contributed by atoms with Gasteiger partial charge in [0.25, 0.3) is 10.0 Å². The average molecular weight is 342 g/mol. The molecule has 0 saturated heterocycles. The van der Waals surface area contributed by atoms with E-state index in [2.05, 4.69) is 9.93 Å². The third kappa shape index (κ3) is 3.21. The van der Waals surface area contributed by atoms with E-state index >= 15 is 0 Å². The van der Waals surface area contributed by atoms with Crippen LogP contribution in [0.1, 0.15) is 11.1 Å². The van der Waals surface area contributed by atoms with Crippen LogP contribution in [0, 0.1) is 6.92 Å². The van der Waals surface area contributed by atoms with Gasteiger partial charge in [0.15, 0.2) is 0 Å². The van der Waals surface area contributed by atoms with Crippen LogP contribution in [0.15, 0.2) is 74.0 Å². The second-order valence-electron chi connectivity index (χ2n) is 5.18.